The average Bonchev–Trinajstić information content (AvgIpc) is 2.70. The number of rotatable bonds is 3. The minimum atomic E-state index is 0.326. The van der Waals surface area contributed by atoms with Gasteiger partial charge in [-0.3, -0.25) is 0 Å². The molecule has 17 heavy (non-hydrogen) atoms. The molecule has 1 aromatic carbocycles. The lowest BCUT2D eigenvalue weighted by molar-refractivity contribution is 0.907. The van der Waals surface area contributed by atoms with E-state index in [0.29, 0.717) is 6.04 Å². The number of halogens is 2. The largest absolute Gasteiger partial charge is 0.378 e. The Kier molecular flexibility index (Phi) is 4.28. The average molecular weight is 375 g/mol. The van der Waals surface area contributed by atoms with Crippen molar-refractivity contribution in [1.82, 2.24) is 0 Å². The zero-order valence-corrected chi connectivity index (χ0v) is 13.6. The van der Waals surface area contributed by atoms with E-state index in [1.807, 2.05) is 0 Å². The summed E-state index contributed by atoms with van der Waals surface area (Å²) in [5.74, 6) is 0. The van der Waals surface area contributed by atoms with Crippen LogP contribution in [0.15, 0.2) is 38.6 Å². The molecule has 0 aliphatic carbocycles. The van der Waals surface area contributed by atoms with Gasteiger partial charge in [0.1, 0.15) is 0 Å². The van der Waals surface area contributed by atoms with Crippen molar-refractivity contribution >= 4 is 48.9 Å². The normalized spacial score (nSPS) is 12.5. The first kappa shape index (κ1) is 13.1. The molecule has 2 aromatic rings. The third-order valence-corrected chi connectivity index (χ3v) is 5.32. The Labute approximate surface area is 123 Å². The molecule has 1 unspecified atom stereocenters. The molecule has 1 atom stereocenters. The molecule has 0 radical (unpaired) electrons. The molecular weight excluding hydrogens is 362 g/mol. The van der Waals surface area contributed by atoms with Gasteiger partial charge in [0.25, 0.3) is 0 Å². The summed E-state index contributed by atoms with van der Waals surface area (Å²) in [6, 6.07) is 8.81. The number of hydrogen-bond donors (Lipinski definition) is 1. The van der Waals surface area contributed by atoms with Crippen LogP contribution >= 0.6 is 43.2 Å². The van der Waals surface area contributed by atoms with Gasteiger partial charge in [0.05, 0.1) is 6.04 Å². The van der Waals surface area contributed by atoms with Crippen LogP contribution in [0.25, 0.3) is 0 Å². The van der Waals surface area contributed by atoms with Crippen LogP contribution in [0.5, 0.6) is 0 Å². The Balaban J connectivity index is 2.12. The molecule has 2 rings (SSSR count). The molecule has 0 amide bonds. The molecule has 0 fully saturated rings. The van der Waals surface area contributed by atoms with Crippen molar-refractivity contribution in [1.29, 1.82) is 0 Å². The van der Waals surface area contributed by atoms with Crippen LogP contribution in [0, 0.1) is 6.92 Å². The highest BCUT2D eigenvalue weighted by atomic mass is 79.9. The Bertz CT molecular complexity index is 522. The predicted octanol–water partition coefficient (Wildman–Crippen LogP) is 5.75. The third-order valence-electron chi connectivity index (χ3n) is 2.56. The fraction of sp³-hybridized carbons (Fsp3) is 0.231. The van der Waals surface area contributed by atoms with E-state index < -0.39 is 0 Å². The first-order valence-corrected chi connectivity index (χ1v) is 7.79. The molecule has 0 aliphatic heterocycles. The first-order chi connectivity index (χ1) is 8.06. The molecule has 0 bridgehead atoms. The maximum absolute atomic E-state index is 3.51. The van der Waals surface area contributed by atoms with Crippen LogP contribution in [-0.2, 0) is 0 Å². The summed E-state index contributed by atoms with van der Waals surface area (Å²) >= 11 is 8.76. The number of benzene rings is 1. The summed E-state index contributed by atoms with van der Waals surface area (Å²) in [6.45, 7) is 4.28. The lowest BCUT2D eigenvalue weighted by Crippen LogP contribution is -2.04. The standard InChI is InChI=1S/C13H13Br2NS/c1-8-5-11(3-4-12(8)15)16-9(2)13-6-10(14)7-17-13/h3-7,9,16H,1-2H3. The summed E-state index contributed by atoms with van der Waals surface area (Å²) < 4.78 is 2.30. The number of thiophene rings is 1. The van der Waals surface area contributed by atoms with E-state index in [0.717, 1.165) is 14.6 Å². The quantitative estimate of drug-likeness (QED) is 0.720. The van der Waals surface area contributed by atoms with Crippen LogP contribution in [0.3, 0.4) is 0 Å². The minimum absolute atomic E-state index is 0.326. The zero-order chi connectivity index (χ0) is 12.4. The Morgan fingerprint density at radius 3 is 2.59 bits per heavy atom. The van der Waals surface area contributed by atoms with Gasteiger partial charge in [-0.2, -0.15) is 0 Å². The smallest absolute Gasteiger partial charge is 0.0578 e. The molecule has 1 aromatic heterocycles. The molecule has 90 valence electrons. The highest BCUT2D eigenvalue weighted by molar-refractivity contribution is 9.10. The van der Waals surface area contributed by atoms with Gasteiger partial charge in [-0.25, -0.2) is 0 Å². The maximum Gasteiger partial charge on any atom is 0.0578 e. The monoisotopic (exact) mass is 373 g/mol. The van der Waals surface area contributed by atoms with E-state index in [2.05, 4.69) is 80.7 Å². The Morgan fingerprint density at radius 1 is 1.24 bits per heavy atom. The summed E-state index contributed by atoms with van der Waals surface area (Å²) in [5, 5.41) is 5.62. The van der Waals surface area contributed by atoms with Crippen molar-refractivity contribution in [3.05, 3.63) is 49.0 Å². The molecule has 1 nitrogen and oxygen atoms in total. The first-order valence-electron chi connectivity index (χ1n) is 5.33. The van der Waals surface area contributed by atoms with E-state index >= 15 is 0 Å². The highest BCUT2D eigenvalue weighted by Crippen LogP contribution is 2.29. The van der Waals surface area contributed by atoms with E-state index in [1.54, 1.807) is 11.3 Å². The lowest BCUT2D eigenvalue weighted by atomic mass is 10.2. The number of aryl methyl sites for hydroxylation is 1. The predicted molar refractivity (Wildman–Crippen MR) is 82.9 cm³/mol. The van der Waals surface area contributed by atoms with Crippen molar-refractivity contribution in [2.45, 2.75) is 19.9 Å². The Hall–Kier alpha value is -0.320. The molecule has 1 N–H and O–H groups in total. The molecular formula is C13H13Br2NS. The van der Waals surface area contributed by atoms with Gasteiger partial charge in [-0.15, -0.1) is 11.3 Å². The second-order valence-electron chi connectivity index (χ2n) is 4.00. The number of nitrogens with one attached hydrogen (secondary N) is 1. The van der Waals surface area contributed by atoms with Crippen molar-refractivity contribution < 1.29 is 0 Å². The van der Waals surface area contributed by atoms with Crippen LogP contribution in [-0.4, -0.2) is 0 Å². The van der Waals surface area contributed by atoms with Gasteiger partial charge in [0.15, 0.2) is 0 Å². The molecule has 1 heterocycles. The highest BCUT2D eigenvalue weighted by Gasteiger charge is 2.08. The maximum atomic E-state index is 3.51. The Morgan fingerprint density at radius 2 is 2.00 bits per heavy atom. The van der Waals surface area contributed by atoms with Gasteiger partial charge in [0.2, 0.25) is 0 Å². The zero-order valence-electron chi connectivity index (χ0n) is 9.63. The molecule has 0 aliphatic rings. The van der Waals surface area contributed by atoms with E-state index in [9.17, 15) is 0 Å². The van der Waals surface area contributed by atoms with Crippen molar-refractivity contribution in [3.8, 4) is 0 Å². The van der Waals surface area contributed by atoms with E-state index in [1.165, 1.54) is 10.4 Å². The van der Waals surface area contributed by atoms with Gasteiger partial charge < -0.3 is 5.32 Å². The summed E-state index contributed by atoms with van der Waals surface area (Å²) in [7, 11) is 0. The molecule has 0 spiro atoms. The minimum Gasteiger partial charge on any atom is -0.378 e. The summed E-state index contributed by atoms with van der Waals surface area (Å²) in [5.41, 5.74) is 2.40. The van der Waals surface area contributed by atoms with Crippen molar-refractivity contribution in [2.75, 3.05) is 5.32 Å². The third kappa shape index (κ3) is 3.33. The fourth-order valence-electron chi connectivity index (χ4n) is 1.61. The van der Waals surface area contributed by atoms with E-state index in [-0.39, 0.29) is 0 Å². The van der Waals surface area contributed by atoms with Crippen LogP contribution < -0.4 is 5.32 Å². The SMILES string of the molecule is Cc1cc(NC(C)c2cc(Br)cs2)ccc1Br. The van der Waals surface area contributed by atoms with E-state index in [4.69, 9.17) is 0 Å². The molecule has 4 heteroatoms. The second-order valence-corrected chi connectivity index (χ2v) is 6.71. The van der Waals surface area contributed by atoms with Crippen LogP contribution in [0.1, 0.15) is 23.4 Å². The van der Waals surface area contributed by atoms with Gasteiger partial charge in [0, 0.05) is 24.9 Å². The second kappa shape index (κ2) is 5.55. The topological polar surface area (TPSA) is 12.0 Å². The van der Waals surface area contributed by atoms with Crippen LogP contribution in [0.2, 0.25) is 0 Å². The summed E-state index contributed by atoms with van der Waals surface area (Å²) in [4.78, 5) is 1.33. The van der Waals surface area contributed by atoms with Gasteiger partial charge in [-0.1, -0.05) is 15.9 Å². The van der Waals surface area contributed by atoms with Gasteiger partial charge in [-0.05, 0) is 59.6 Å². The number of hydrogen-bond acceptors (Lipinski definition) is 2. The molecule has 0 saturated carbocycles. The number of anilines is 1. The lowest BCUT2D eigenvalue weighted by Gasteiger charge is -2.14. The fourth-order valence-corrected chi connectivity index (χ4v) is 3.31. The summed E-state index contributed by atoms with van der Waals surface area (Å²) in [6.07, 6.45) is 0. The van der Waals surface area contributed by atoms with Crippen LogP contribution in [0.4, 0.5) is 5.69 Å². The van der Waals surface area contributed by atoms with Crippen molar-refractivity contribution in [3.63, 3.8) is 0 Å². The molecule has 0 saturated heterocycles. The van der Waals surface area contributed by atoms with Gasteiger partial charge >= 0.3 is 0 Å². The van der Waals surface area contributed by atoms with Crippen molar-refractivity contribution in [2.24, 2.45) is 0 Å².